The minimum Gasteiger partial charge on any atom is -0.399 e. The highest BCUT2D eigenvalue weighted by Crippen LogP contribution is 2.16. The van der Waals surface area contributed by atoms with Crippen molar-refractivity contribution in [2.45, 2.75) is 18.9 Å². The highest BCUT2D eigenvalue weighted by Gasteiger charge is 2.23. The number of carbonyl (C=O) groups is 1. The summed E-state index contributed by atoms with van der Waals surface area (Å²) in [7, 11) is 0. The summed E-state index contributed by atoms with van der Waals surface area (Å²) in [5.74, 6) is -0.0720. The molecule has 1 saturated heterocycles. The SMILES string of the molecule is Nc1ccc(NC(=O)[C@@H]2CCCO2)cc1. The number of hydrogen-bond acceptors (Lipinski definition) is 3. The molecule has 3 N–H and O–H groups in total. The Kier molecular flexibility index (Phi) is 2.87. The first kappa shape index (κ1) is 9.98. The summed E-state index contributed by atoms with van der Waals surface area (Å²) in [6.45, 7) is 0.680. The quantitative estimate of drug-likeness (QED) is 0.718. The van der Waals surface area contributed by atoms with E-state index < -0.39 is 0 Å². The number of hydrogen-bond donors (Lipinski definition) is 2. The molecule has 1 heterocycles. The molecule has 1 amide bonds. The topological polar surface area (TPSA) is 64.3 Å². The zero-order chi connectivity index (χ0) is 10.7. The summed E-state index contributed by atoms with van der Waals surface area (Å²) in [6.07, 6.45) is 1.48. The Balaban J connectivity index is 1.96. The highest BCUT2D eigenvalue weighted by molar-refractivity contribution is 5.94. The van der Waals surface area contributed by atoms with Gasteiger partial charge in [-0.05, 0) is 37.1 Å². The second-order valence-corrected chi connectivity index (χ2v) is 3.61. The molecule has 15 heavy (non-hydrogen) atoms. The van der Waals surface area contributed by atoms with Crippen LogP contribution >= 0.6 is 0 Å². The van der Waals surface area contributed by atoms with Crippen molar-refractivity contribution in [2.75, 3.05) is 17.7 Å². The van der Waals surface area contributed by atoms with Crippen LogP contribution in [-0.4, -0.2) is 18.6 Å². The molecule has 1 aliphatic rings. The second-order valence-electron chi connectivity index (χ2n) is 3.61. The maximum atomic E-state index is 11.6. The highest BCUT2D eigenvalue weighted by atomic mass is 16.5. The number of nitrogen functional groups attached to an aromatic ring is 1. The van der Waals surface area contributed by atoms with Crippen LogP contribution in [0.2, 0.25) is 0 Å². The van der Waals surface area contributed by atoms with Gasteiger partial charge in [-0.3, -0.25) is 4.79 Å². The lowest BCUT2D eigenvalue weighted by Crippen LogP contribution is -2.26. The van der Waals surface area contributed by atoms with Gasteiger partial charge in [0.15, 0.2) is 0 Å². The van der Waals surface area contributed by atoms with Crippen LogP contribution in [-0.2, 0) is 9.53 Å². The molecule has 0 aromatic heterocycles. The Hall–Kier alpha value is -1.55. The smallest absolute Gasteiger partial charge is 0.253 e. The zero-order valence-corrected chi connectivity index (χ0v) is 8.40. The molecule has 0 aliphatic carbocycles. The molecule has 0 radical (unpaired) electrons. The van der Waals surface area contributed by atoms with Gasteiger partial charge in [-0.2, -0.15) is 0 Å². The lowest BCUT2D eigenvalue weighted by atomic mass is 10.2. The summed E-state index contributed by atoms with van der Waals surface area (Å²) in [5, 5.41) is 2.79. The van der Waals surface area contributed by atoms with E-state index in [9.17, 15) is 4.79 Å². The molecule has 1 fully saturated rings. The number of nitrogens with one attached hydrogen (secondary N) is 1. The molecule has 0 saturated carbocycles. The monoisotopic (exact) mass is 206 g/mol. The van der Waals surface area contributed by atoms with E-state index >= 15 is 0 Å². The normalized spacial score (nSPS) is 20.1. The Bertz CT molecular complexity index is 342. The van der Waals surface area contributed by atoms with Gasteiger partial charge in [0.05, 0.1) is 0 Å². The third-order valence-electron chi connectivity index (χ3n) is 2.40. The third-order valence-corrected chi connectivity index (χ3v) is 2.40. The van der Waals surface area contributed by atoms with Crippen LogP contribution in [0.5, 0.6) is 0 Å². The molecule has 4 heteroatoms. The van der Waals surface area contributed by atoms with Crippen molar-refractivity contribution in [2.24, 2.45) is 0 Å². The van der Waals surface area contributed by atoms with Crippen LogP contribution in [0, 0.1) is 0 Å². The largest absolute Gasteiger partial charge is 0.399 e. The maximum Gasteiger partial charge on any atom is 0.253 e. The number of ether oxygens (including phenoxy) is 1. The molecule has 1 atom stereocenters. The standard InChI is InChI=1S/C11H14N2O2/c12-8-3-5-9(6-4-8)13-11(14)10-2-1-7-15-10/h3-6,10H,1-2,7,12H2,(H,13,14)/t10-/m0/s1. The Morgan fingerprint density at radius 2 is 2.13 bits per heavy atom. The number of nitrogens with two attached hydrogens (primary N) is 1. The van der Waals surface area contributed by atoms with Crippen molar-refractivity contribution < 1.29 is 9.53 Å². The first-order valence-electron chi connectivity index (χ1n) is 5.04. The second kappa shape index (κ2) is 4.31. The van der Waals surface area contributed by atoms with Gasteiger partial charge >= 0.3 is 0 Å². The molecule has 80 valence electrons. The predicted octanol–water partition coefficient (Wildman–Crippen LogP) is 1.39. The van der Waals surface area contributed by atoms with Crippen LogP contribution in [0.3, 0.4) is 0 Å². The van der Waals surface area contributed by atoms with Crippen molar-refractivity contribution in [1.82, 2.24) is 0 Å². The number of rotatable bonds is 2. The molecular weight excluding hydrogens is 192 g/mol. The van der Waals surface area contributed by atoms with E-state index in [4.69, 9.17) is 10.5 Å². The molecule has 0 unspecified atom stereocenters. The first-order chi connectivity index (χ1) is 7.25. The van der Waals surface area contributed by atoms with Crippen LogP contribution < -0.4 is 11.1 Å². The average Bonchev–Trinajstić information content (AvgIpc) is 2.74. The first-order valence-corrected chi connectivity index (χ1v) is 5.04. The fraction of sp³-hybridized carbons (Fsp3) is 0.364. The molecule has 1 aromatic rings. The van der Waals surface area contributed by atoms with Gasteiger partial charge in [0.25, 0.3) is 5.91 Å². The zero-order valence-electron chi connectivity index (χ0n) is 8.40. The van der Waals surface area contributed by atoms with Gasteiger partial charge in [0, 0.05) is 18.0 Å². The molecule has 2 rings (SSSR count). The summed E-state index contributed by atoms with van der Waals surface area (Å²) < 4.78 is 5.27. The summed E-state index contributed by atoms with van der Waals surface area (Å²) in [5.41, 5.74) is 6.98. The number of carbonyl (C=O) groups excluding carboxylic acids is 1. The van der Waals surface area contributed by atoms with E-state index in [1.54, 1.807) is 24.3 Å². The van der Waals surface area contributed by atoms with E-state index in [0.717, 1.165) is 18.5 Å². The van der Waals surface area contributed by atoms with Crippen molar-refractivity contribution in [1.29, 1.82) is 0 Å². The van der Waals surface area contributed by atoms with Gasteiger partial charge in [0.1, 0.15) is 6.10 Å². The fourth-order valence-corrected chi connectivity index (χ4v) is 1.57. The molecule has 4 nitrogen and oxygen atoms in total. The van der Waals surface area contributed by atoms with Gasteiger partial charge in [0.2, 0.25) is 0 Å². The number of anilines is 2. The van der Waals surface area contributed by atoms with E-state index in [0.29, 0.717) is 12.3 Å². The number of amides is 1. The van der Waals surface area contributed by atoms with Gasteiger partial charge in [-0.25, -0.2) is 0 Å². The third kappa shape index (κ3) is 2.47. The van der Waals surface area contributed by atoms with E-state index in [1.165, 1.54) is 0 Å². The van der Waals surface area contributed by atoms with Crippen molar-refractivity contribution in [3.8, 4) is 0 Å². The summed E-state index contributed by atoms with van der Waals surface area (Å²) in [6, 6.07) is 7.07. The molecule has 0 spiro atoms. The Morgan fingerprint density at radius 3 is 2.73 bits per heavy atom. The maximum absolute atomic E-state index is 11.6. The number of benzene rings is 1. The molecule has 0 bridgehead atoms. The Morgan fingerprint density at radius 1 is 1.40 bits per heavy atom. The van der Waals surface area contributed by atoms with Crippen molar-refractivity contribution in [3.63, 3.8) is 0 Å². The molecule has 1 aromatic carbocycles. The minimum atomic E-state index is -0.289. The minimum absolute atomic E-state index is 0.0720. The van der Waals surface area contributed by atoms with Crippen LogP contribution in [0.1, 0.15) is 12.8 Å². The van der Waals surface area contributed by atoms with Gasteiger partial charge in [-0.1, -0.05) is 0 Å². The van der Waals surface area contributed by atoms with Crippen LogP contribution in [0.15, 0.2) is 24.3 Å². The average molecular weight is 206 g/mol. The van der Waals surface area contributed by atoms with E-state index in [1.807, 2.05) is 0 Å². The van der Waals surface area contributed by atoms with E-state index in [2.05, 4.69) is 5.32 Å². The van der Waals surface area contributed by atoms with Crippen LogP contribution in [0.4, 0.5) is 11.4 Å². The lowest BCUT2D eigenvalue weighted by molar-refractivity contribution is -0.124. The lowest BCUT2D eigenvalue weighted by Gasteiger charge is -2.10. The van der Waals surface area contributed by atoms with Gasteiger partial charge in [-0.15, -0.1) is 0 Å². The fourth-order valence-electron chi connectivity index (χ4n) is 1.57. The summed E-state index contributed by atoms with van der Waals surface area (Å²) >= 11 is 0. The Labute approximate surface area is 88.4 Å². The predicted molar refractivity (Wildman–Crippen MR) is 58.5 cm³/mol. The van der Waals surface area contributed by atoms with E-state index in [-0.39, 0.29) is 12.0 Å². The molecule has 1 aliphatic heterocycles. The molecular formula is C11H14N2O2. The van der Waals surface area contributed by atoms with Crippen molar-refractivity contribution in [3.05, 3.63) is 24.3 Å². The van der Waals surface area contributed by atoms with Gasteiger partial charge < -0.3 is 15.8 Å². The van der Waals surface area contributed by atoms with Crippen LogP contribution in [0.25, 0.3) is 0 Å². The summed E-state index contributed by atoms with van der Waals surface area (Å²) in [4.78, 5) is 11.6. The van der Waals surface area contributed by atoms with Crippen molar-refractivity contribution >= 4 is 17.3 Å².